The first-order valence-electron chi connectivity index (χ1n) is 5.82. The van der Waals surface area contributed by atoms with Crippen LogP contribution in [0.5, 0.6) is 5.75 Å². The Morgan fingerprint density at radius 2 is 1.95 bits per heavy atom. The van der Waals surface area contributed by atoms with E-state index in [9.17, 15) is 18.3 Å². The lowest BCUT2D eigenvalue weighted by molar-refractivity contribution is 0.0693. The number of sulfonamides is 1. The Hall–Kier alpha value is -2.55. The van der Waals surface area contributed by atoms with E-state index in [0.717, 1.165) is 12.1 Å². The van der Waals surface area contributed by atoms with Crippen LogP contribution >= 0.6 is 0 Å². The predicted molar refractivity (Wildman–Crippen MR) is 73.9 cm³/mol. The Morgan fingerprint density at radius 3 is 2.48 bits per heavy atom. The van der Waals surface area contributed by atoms with Gasteiger partial charge < -0.3 is 10.2 Å². The minimum Gasteiger partial charge on any atom is -0.507 e. The first kappa shape index (κ1) is 14.9. The number of nitrogens with one attached hydrogen (secondary N) is 2. The number of anilines is 1. The molecule has 0 amide bonds. The highest BCUT2D eigenvalue weighted by Crippen LogP contribution is 2.27. The second-order valence-electron chi connectivity index (χ2n) is 4.47. The highest BCUT2D eigenvalue weighted by Gasteiger charge is 2.22. The predicted octanol–water partition coefficient (Wildman–Crippen LogP) is 1.23. The first-order chi connectivity index (χ1) is 9.72. The van der Waals surface area contributed by atoms with Crippen LogP contribution in [0.4, 0.5) is 5.82 Å². The maximum atomic E-state index is 12.3. The number of nitrogens with zero attached hydrogens (tertiary/aromatic N) is 1. The van der Waals surface area contributed by atoms with Gasteiger partial charge in [0, 0.05) is 5.56 Å². The number of rotatable bonds is 4. The zero-order valence-electron chi connectivity index (χ0n) is 11.2. The van der Waals surface area contributed by atoms with Crippen LogP contribution in [0.1, 0.15) is 21.5 Å². The van der Waals surface area contributed by atoms with Crippen molar-refractivity contribution in [1.82, 2.24) is 10.2 Å². The van der Waals surface area contributed by atoms with E-state index in [4.69, 9.17) is 5.11 Å². The molecule has 2 aromatic rings. The normalized spacial score (nSPS) is 11.3. The van der Waals surface area contributed by atoms with E-state index in [1.807, 2.05) is 0 Å². The van der Waals surface area contributed by atoms with Crippen LogP contribution in [0.25, 0.3) is 0 Å². The maximum absolute atomic E-state index is 12.3. The summed E-state index contributed by atoms with van der Waals surface area (Å²) >= 11 is 0. The summed E-state index contributed by atoms with van der Waals surface area (Å²) in [4.78, 5) is 10.8. The van der Waals surface area contributed by atoms with Crippen molar-refractivity contribution in [2.24, 2.45) is 0 Å². The molecule has 0 atom stereocenters. The number of aromatic hydroxyl groups is 1. The van der Waals surface area contributed by atoms with Crippen LogP contribution in [-0.4, -0.2) is 34.8 Å². The molecule has 8 nitrogen and oxygen atoms in total. The number of benzene rings is 1. The molecule has 0 fully saturated rings. The minimum atomic E-state index is -4.00. The number of phenols is 1. The second kappa shape index (κ2) is 5.09. The van der Waals surface area contributed by atoms with Crippen molar-refractivity contribution in [2.75, 3.05) is 4.72 Å². The highest BCUT2D eigenvalue weighted by atomic mass is 32.2. The molecule has 4 N–H and O–H groups in total. The zero-order valence-corrected chi connectivity index (χ0v) is 12.0. The standard InChI is InChI=1S/C12H13N3O5S/c1-6-3-9(16)8(12(17)18)4-10(6)21(19,20)15-11-7(2)5-13-14-11/h3-5,16H,1-2H3,(H,17,18)(H2,13,14,15). The summed E-state index contributed by atoms with van der Waals surface area (Å²) in [5, 5.41) is 24.7. The molecule has 0 spiro atoms. The number of aryl methyl sites for hydroxylation is 2. The lowest BCUT2D eigenvalue weighted by Crippen LogP contribution is -2.16. The largest absolute Gasteiger partial charge is 0.507 e. The summed E-state index contributed by atoms with van der Waals surface area (Å²) in [6.45, 7) is 3.12. The van der Waals surface area contributed by atoms with E-state index in [0.29, 0.717) is 5.56 Å². The molecule has 1 aromatic heterocycles. The van der Waals surface area contributed by atoms with Gasteiger partial charge in [-0.2, -0.15) is 5.10 Å². The van der Waals surface area contributed by atoms with Gasteiger partial charge in [-0.1, -0.05) is 0 Å². The van der Waals surface area contributed by atoms with Crippen LogP contribution in [0.15, 0.2) is 23.2 Å². The second-order valence-corrected chi connectivity index (χ2v) is 6.12. The minimum absolute atomic E-state index is 0.194. The quantitative estimate of drug-likeness (QED) is 0.671. The molecule has 1 aromatic carbocycles. The van der Waals surface area contributed by atoms with E-state index in [-0.39, 0.29) is 16.3 Å². The van der Waals surface area contributed by atoms with Gasteiger partial charge in [0.05, 0.1) is 11.1 Å². The van der Waals surface area contributed by atoms with Gasteiger partial charge in [-0.3, -0.25) is 9.82 Å². The summed E-state index contributed by atoms with van der Waals surface area (Å²) in [6, 6.07) is 2.01. The van der Waals surface area contributed by atoms with E-state index in [1.165, 1.54) is 13.1 Å². The van der Waals surface area contributed by atoms with E-state index < -0.39 is 27.3 Å². The van der Waals surface area contributed by atoms with Crippen molar-refractivity contribution < 1.29 is 23.4 Å². The molecule has 2 rings (SSSR count). The van der Waals surface area contributed by atoms with Crippen LogP contribution in [0.2, 0.25) is 0 Å². The van der Waals surface area contributed by atoms with E-state index in [1.54, 1.807) is 6.92 Å². The summed E-state index contributed by atoms with van der Waals surface area (Å²) in [5.74, 6) is -1.71. The fraction of sp³-hybridized carbons (Fsp3) is 0.167. The lowest BCUT2D eigenvalue weighted by Gasteiger charge is -2.11. The molecule has 0 aliphatic carbocycles. The molecular formula is C12H13N3O5S. The van der Waals surface area contributed by atoms with Gasteiger partial charge in [0.25, 0.3) is 10.0 Å². The molecule has 0 aliphatic heterocycles. The van der Waals surface area contributed by atoms with Gasteiger partial charge in [-0.05, 0) is 31.5 Å². The fourth-order valence-corrected chi connectivity index (χ4v) is 3.11. The molecule has 0 saturated carbocycles. The van der Waals surface area contributed by atoms with Crippen molar-refractivity contribution in [1.29, 1.82) is 0 Å². The van der Waals surface area contributed by atoms with Gasteiger partial charge in [-0.15, -0.1) is 0 Å². The van der Waals surface area contributed by atoms with Crippen LogP contribution in [-0.2, 0) is 10.0 Å². The third-order valence-corrected chi connectivity index (χ3v) is 4.37. The maximum Gasteiger partial charge on any atom is 0.339 e. The molecule has 0 radical (unpaired) electrons. The first-order valence-corrected chi connectivity index (χ1v) is 7.30. The Balaban J connectivity index is 2.52. The average Bonchev–Trinajstić information content (AvgIpc) is 2.73. The summed E-state index contributed by atoms with van der Waals surface area (Å²) in [6.07, 6.45) is 1.45. The smallest absolute Gasteiger partial charge is 0.339 e. The molecule has 9 heteroatoms. The van der Waals surface area contributed by atoms with Crippen LogP contribution in [0, 0.1) is 13.8 Å². The lowest BCUT2D eigenvalue weighted by atomic mass is 10.1. The van der Waals surface area contributed by atoms with Gasteiger partial charge in [0.1, 0.15) is 17.1 Å². The Kier molecular flexibility index (Phi) is 3.60. The van der Waals surface area contributed by atoms with Crippen molar-refractivity contribution in [3.8, 4) is 5.75 Å². The van der Waals surface area contributed by atoms with Crippen LogP contribution < -0.4 is 4.72 Å². The van der Waals surface area contributed by atoms with Crippen molar-refractivity contribution in [3.63, 3.8) is 0 Å². The number of hydrogen-bond donors (Lipinski definition) is 4. The summed E-state index contributed by atoms with van der Waals surface area (Å²) < 4.78 is 26.9. The highest BCUT2D eigenvalue weighted by molar-refractivity contribution is 7.92. The Bertz CT molecular complexity index is 810. The van der Waals surface area contributed by atoms with Crippen LogP contribution in [0.3, 0.4) is 0 Å². The van der Waals surface area contributed by atoms with Gasteiger partial charge >= 0.3 is 5.97 Å². The molecule has 0 unspecified atom stereocenters. The molecule has 0 saturated heterocycles. The molecule has 21 heavy (non-hydrogen) atoms. The SMILES string of the molecule is Cc1cc(O)c(C(=O)O)cc1S(=O)(=O)Nc1[nH]ncc1C. The Morgan fingerprint density at radius 1 is 1.29 bits per heavy atom. The van der Waals surface area contributed by atoms with Gasteiger partial charge in [-0.25, -0.2) is 13.2 Å². The monoisotopic (exact) mass is 311 g/mol. The van der Waals surface area contributed by atoms with Gasteiger partial charge in [0.15, 0.2) is 0 Å². The average molecular weight is 311 g/mol. The number of carboxylic acid groups (broad SMARTS) is 1. The fourth-order valence-electron chi connectivity index (χ4n) is 1.77. The molecule has 1 heterocycles. The molecular weight excluding hydrogens is 298 g/mol. The van der Waals surface area contributed by atoms with E-state index in [2.05, 4.69) is 14.9 Å². The van der Waals surface area contributed by atoms with Crippen molar-refractivity contribution >= 4 is 21.8 Å². The van der Waals surface area contributed by atoms with Crippen molar-refractivity contribution in [2.45, 2.75) is 18.7 Å². The number of aromatic nitrogens is 2. The Labute approximate surface area is 120 Å². The molecule has 112 valence electrons. The number of aromatic carboxylic acids is 1. The van der Waals surface area contributed by atoms with Gasteiger partial charge in [0.2, 0.25) is 0 Å². The topological polar surface area (TPSA) is 132 Å². The van der Waals surface area contributed by atoms with E-state index >= 15 is 0 Å². The number of carboxylic acids is 1. The zero-order chi connectivity index (χ0) is 15.8. The van der Waals surface area contributed by atoms with Crippen molar-refractivity contribution in [3.05, 3.63) is 35.0 Å². The summed E-state index contributed by atoms with van der Waals surface area (Å²) in [7, 11) is -4.00. The number of H-pyrrole nitrogens is 1. The molecule has 0 bridgehead atoms. The third-order valence-electron chi connectivity index (χ3n) is 2.88. The summed E-state index contributed by atoms with van der Waals surface area (Å²) in [5.41, 5.74) is 0.331. The number of hydrogen-bond acceptors (Lipinski definition) is 5. The molecule has 0 aliphatic rings. The number of carbonyl (C=O) groups is 1. The third kappa shape index (κ3) is 2.82. The number of aromatic amines is 1.